The maximum atomic E-state index is 13.0. The van der Waals surface area contributed by atoms with Crippen LogP contribution in [0.3, 0.4) is 0 Å². The first-order chi connectivity index (χ1) is 13.8. The van der Waals surface area contributed by atoms with Gasteiger partial charge >= 0.3 is 0 Å². The van der Waals surface area contributed by atoms with E-state index in [1.54, 1.807) is 24.3 Å². The maximum absolute atomic E-state index is 13.0. The molecule has 0 saturated carbocycles. The van der Waals surface area contributed by atoms with Crippen molar-refractivity contribution in [2.45, 2.75) is 30.7 Å². The van der Waals surface area contributed by atoms with Crippen LogP contribution in [0.2, 0.25) is 5.02 Å². The SMILES string of the molecule is COc1ccc(S(=O)(=O)N2CCC[C@H](C(=O)N[C@H](C)c3ccc(Cl)cc3)C2)cc1. The van der Waals surface area contributed by atoms with Gasteiger partial charge in [-0.15, -0.1) is 0 Å². The highest BCUT2D eigenvalue weighted by Crippen LogP contribution is 2.26. The standard InChI is InChI=1S/C21H25ClN2O4S/c1-15(16-5-7-18(22)8-6-16)23-21(25)17-4-3-13-24(14-17)29(26,27)20-11-9-19(28-2)10-12-20/h5-12,15,17H,3-4,13-14H2,1-2H3,(H,23,25)/t15-,17+/m1/s1. The van der Waals surface area contributed by atoms with E-state index in [4.69, 9.17) is 16.3 Å². The summed E-state index contributed by atoms with van der Waals surface area (Å²) < 4.78 is 32.4. The molecular formula is C21H25ClN2O4S. The lowest BCUT2D eigenvalue weighted by Gasteiger charge is -2.32. The lowest BCUT2D eigenvalue weighted by Crippen LogP contribution is -2.45. The molecule has 1 heterocycles. The van der Waals surface area contributed by atoms with E-state index in [0.717, 1.165) is 5.56 Å². The summed E-state index contributed by atoms with van der Waals surface area (Å²) in [5, 5.41) is 3.63. The van der Waals surface area contributed by atoms with E-state index in [1.807, 2.05) is 19.1 Å². The van der Waals surface area contributed by atoms with Crippen molar-refractivity contribution in [3.05, 3.63) is 59.1 Å². The summed E-state index contributed by atoms with van der Waals surface area (Å²) in [6.07, 6.45) is 1.30. The molecule has 0 aliphatic carbocycles. The molecule has 1 amide bonds. The molecule has 156 valence electrons. The highest BCUT2D eigenvalue weighted by atomic mass is 35.5. The van der Waals surface area contributed by atoms with Crippen molar-refractivity contribution in [3.8, 4) is 5.75 Å². The van der Waals surface area contributed by atoms with E-state index < -0.39 is 10.0 Å². The fraction of sp³-hybridized carbons (Fsp3) is 0.381. The van der Waals surface area contributed by atoms with E-state index in [2.05, 4.69) is 5.32 Å². The summed E-state index contributed by atoms with van der Waals surface area (Å²) in [6.45, 7) is 2.48. The van der Waals surface area contributed by atoms with Crippen molar-refractivity contribution < 1.29 is 17.9 Å². The Morgan fingerprint density at radius 2 is 1.83 bits per heavy atom. The zero-order chi connectivity index (χ0) is 21.0. The molecular weight excluding hydrogens is 412 g/mol. The summed E-state index contributed by atoms with van der Waals surface area (Å²) in [4.78, 5) is 13.0. The van der Waals surface area contributed by atoms with E-state index in [-0.39, 0.29) is 29.3 Å². The van der Waals surface area contributed by atoms with Gasteiger partial charge in [-0.2, -0.15) is 4.31 Å². The Morgan fingerprint density at radius 1 is 1.17 bits per heavy atom. The molecule has 8 heteroatoms. The third kappa shape index (κ3) is 5.10. The van der Waals surface area contributed by atoms with Gasteiger partial charge in [-0.25, -0.2) is 8.42 Å². The van der Waals surface area contributed by atoms with Gasteiger partial charge in [-0.1, -0.05) is 23.7 Å². The minimum Gasteiger partial charge on any atom is -0.497 e. The number of sulfonamides is 1. The molecule has 1 saturated heterocycles. The first kappa shape index (κ1) is 21.6. The molecule has 0 aromatic heterocycles. The van der Waals surface area contributed by atoms with E-state index in [0.29, 0.717) is 30.2 Å². The number of amides is 1. The molecule has 1 aliphatic heterocycles. The summed E-state index contributed by atoms with van der Waals surface area (Å²) >= 11 is 5.91. The van der Waals surface area contributed by atoms with Gasteiger partial charge in [0, 0.05) is 18.1 Å². The van der Waals surface area contributed by atoms with Gasteiger partial charge in [-0.3, -0.25) is 4.79 Å². The van der Waals surface area contributed by atoms with Gasteiger partial charge in [0.2, 0.25) is 15.9 Å². The Bertz CT molecular complexity index is 946. The molecule has 3 rings (SSSR count). The minimum atomic E-state index is -3.66. The fourth-order valence-corrected chi connectivity index (χ4v) is 5.09. The summed E-state index contributed by atoms with van der Waals surface area (Å²) in [6, 6.07) is 13.4. The van der Waals surface area contributed by atoms with Gasteiger partial charge in [0.05, 0.1) is 24.0 Å². The molecule has 1 aliphatic rings. The van der Waals surface area contributed by atoms with Crippen molar-refractivity contribution in [3.63, 3.8) is 0 Å². The van der Waals surface area contributed by atoms with Crippen molar-refractivity contribution in [1.29, 1.82) is 0 Å². The average molecular weight is 437 g/mol. The lowest BCUT2D eigenvalue weighted by molar-refractivity contribution is -0.126. The summed E-state index contributed by atoms with van der Waals surface area (Å²) in [5.74, 6) is 0.0737. The van der Waals surface area contributed by atoms with Crippen LogP contribution in [0.1, 0.15) is 31.4 Å². The second kappa shape index (κ2) is 9.15. The molecule has 2 atom stereocenters. The highest BCUT2D eigenvalue weighted by molar-refractivity contribution is 7.89. The third-order valence-corrected chi connectivity index (χ3v) is 7.31. The molecule has 0 unspecified atom stereocenters. The fourth-order valence-electron chi connectivity index (χ4n) is 3.44. The smallest absolute Gasteiger partial charge is 0.243 e. The van der Waals surface area contributed by atoms with Crippen LogP contribution >= 0.6 is 11.6 Å². The van der Waals surface area contributed by atoms with Crippen LogP contribution in [0.4, 0.5) is 0 Å². The van der Waals surface area contributed by atoms with E-state index in [1.165, 1.54) is 23.5 Å². The molecule has 0 radical (unpaired) electrons. The topological polar surface area (TPSA) is 75.7 Å². The number of carbonyl (C=O) groups excluding carboxylic acids is 1. The molecule has 6 nitrogen and oxygen atoms in total. The van der Waals surface area contributed by atoms with Crippen LogP contribution in [0, 0.1) is 5.92 Å². The largest absolute Gasteiger partial charge is 0.497 e. The number of ether oxygens (including phenoxy) is 1. The van der Waals surface area contributed by atoms with Crippen LogP contribution in [0.15, 0.2) is 53.4 Å². The Balaban J connectivity index is 1.67. The maximum Gasteiger partial charge on any atom is 0.243 e. The van der Waals surface area contributed by atoms with Gasteiger partial charge in [0.15, 0.2) is 0 Å². The quantitative estimate of drug-likeness (QED) is 0.750. The highest BCUT2D eigenvalue weighted by Gasteiger charge is 2.33. The van der Waals surface area contributed by atoms with E-state index in [9.17, 15) is 13.2 Å². The number of benzene rings is 2. The van der Waals surface area contributed by atoms with Gasteiger partial charge in [0.25, 0.3) is 0 Å². The summed E-state index contributed by atoms with van der Waals surface area (Å²) in [7, 11) is -2.13. The van der Waals surface area contributed by atoms with Gasteiger partial charge < -0.3 is 10.1 Å². The Hall–Kier alpha value is -2.09. The number of rotatable bonds is 6. The molecule has 29 heavy (non-hydrogen) atoms. The second-order valence-corrected chi connectivity index (χ2v) is 9.53. The number of piperidine rings is 1. The summed E-state index contributed by atoms with van der Waals surface area (Å²) in [5.41, 5.74) is 0.946. The number of nitrogens with one attached hydrogen (secondary N) is 1. The number of halogens is 1. The normalized spacial score (nSPS) is 18.8. The number of hydrogen-bond acceptors (Lipinski definition) is 4. The van der Waals surface area contributed by atoms with Crippen LogP contribution in [0.25, 0.3) is 0 Å². The molecule has 0 spiro atoms. The minimum absolute atomic E-state index is 0.137. The van der Waals surface area contributed by atoms with Gasteiger partial charge in [0.1, 0.15) is 5.75 Å². The van der Waals surface area contributed by atoms with Gasteiger partial charge in [-0.05, 0) is 61.7 Å². The zero-order valence-corrected chi connectivity index (χ0v) is 18.0. The van der Waals surface area contributed by atoms with Crippen molar-refractivity contribution in [2.24, 2.45) is 5.92 Å². The third-order valence-electron chi connectivity index (χ3n) is 5.18. The molecule has 2 aromatic carbocycles. The number of nitrogens with zero attached hydrogens (tertiary/aromatic N) is 1. The predicted molar refractivity (Wildman–Crippen MR) is 112 cm³/mol. The molecule has 0 bridgehead atoms. The Morgan fingerprint density at radius 3 is 2.45 bits per heavy atom. The Kier molecular flexibility index (Phi) is 6.82. The molecule has 1 fully saturated rings. The van der Waals surface area contributed by atoms with Crippen molar-refractivity contribution in [2.75, 3.05) is 20.2 Å². The number of carbonyl (C=O) groups is 1. The zero-order valence-electron chi connectivity index (χ0n) is 16.5. The van der Waals surface area contributed by atoms with Crippen molar-refractivity contribution >= 4 is 27.5 Å². The predicted octanol–water partition coefficient (Wildman–Crippen LogP) is 3.63. The lowest BCUT2D eigenvalue weighted by atomic mass is 9.98. The van der Waals surface area contributed by atoms with Crippen LogP contribution in [-0.4, -0.2) is 38.8 Å². The monoisotopic (exact) mass is 436 g/mol. The number of methoxy groups -OCH3 is 1. The van der Waals surface area contributed by atoms with Crippen LogP contribution < -0.4 is 10.1 Å². The molecule has 2 aromatic rings. The van der Waals surface area contributed by atoms with Crippen LogP contribution in [-0.2, 0) is 14.8 Å². The van der Waals surface area contributed by atoms with Crippen molar-refractivity contribution in [1.82, 2.24) is 9.62 Å². The first-order valence-corrected chi connectivity index (χ1v) is 11.3. The number of hydrogen-bond donors (Lipinski definition) is 1. The van der Waals surface area contributed by atoms with E-state index >= 15 is 0 Å². The average Bonchev–Trinajstić information content (AvgIpc) is 2.74. The Labute approximate surface area is 176 Å². The molecule has 1 N–H and O–H groups in total. The first-order valence-electron chi connectivity index (χ1n) is 9.51. The second-order valence-electron chi connectivity index (χ2n) is 7.16. The van der Waals surface area contributed by atoms with Crippen LogP contribution in [0.5, 0.6) is 5.75 Å².